The van der Waals surface area contributed by atoms with Crippen LogP contribution < -0.4 is 10.5 Å². The lowest BCUT2D eigenvalue weighted by molar-refractivity contribution is -0.146. The number of rotatable bonds is 7. The minimum Gasteiger partial charge on any atom is -0.488 e. The zero-order valence-electron chi connectivity index (χ0n) is 18.6. The lowest BCUT2D eigenvalue weighted by Crippen LogP contribution is -2.58. The van der Waals surface area contributed by atoms with Crippen LogP contribution in [0.2, 0.25) is 5.02 Å². The number of carbonyl (C=O) groups excluding carboxylic acids is 3. The van der Waals surface area contributed by atoms with Gasteiger partial charge in [0, 0.05) is 26.6 Å². The van der Waals surface area contributed by atoms with Crippen LogP contribution in [0.1, 0.15) is 12.0 Å². The van der Waals surface area contributed by atoms with Gasteiger partial charge in [0.25, 0.3) is 11.8 Å². The van der Waals surface area contributed by atoms with Gasteiger partial charge in [0.1, 0.15) is 17.8 Å². The first kappa shape index (κ1) is 23.6. The Balaban J connectivity index is 1.56. The molecule has 178 valence electrons. The molecule has 9 nitrogen and oxygen atoms in total. The molecule has 4 rings (SSSR count). The van der Waals surface area contributed by atoms with Crippen LogP contribution in [0, 0.1) is 5.41 Å². The van der Waals surface area contributed by atoms with Crippen LogP contribution in [0.5, 0.6) is 5.75 Å². The van der Waals surface area contributed by atoms with E-state index < -0.39 is 23.5 Å². The van der Waals surface area contributed by atoms with Crippen molar-refractivity contribution in [3.63, 3.8) is 0 Å². The molecule has 2 aliphatic heterocycles. The Morgan fingerprint density at radius 1 is 1.18 bits per heavy atom. The molecule has 1 unspecified atom stereocenters. The number of piperidine rings is 1. The first-order valence-corrected chi connectivity index (χ1v) is 11.2. The normalized spacial score (nSPS) is 20.4. The molecule has 2 aliphatic rings. The highest BCUT2D eigenvalue weighted by atomic mass is 35.5. The summed E-state index contributed by atoms with van der Waals surface area (Å²) >= 11 is 6.12. The molecule has 0 aliphatic carbocycles. The minimum absolute atomic E-state index is 0.105. The van der Waals surface area contributed by atoms with E-state index >= 15 is 0 Å². The van der Waals surface area contributed by atoms with Gasteiger partial charge in [-0.1, -0.05) is 54.1 Å². The van der Waals surface area contributed by atoms with Gasteiger partial charge in [0.05, 0.1) is 10.7 Å². The highest BCUT2D eigenvalue weighted by molar-refractivity contribution is 6.32. The Morgan fingerprint density at radius 3 is 2.59 bits per heavy atom. The van der Waals surface area contributed by atoms with Gasteiger partial charge in [0.2, 0.25) is 6.10 Å². The number of halogens is 1. The zero-order chi connectivity index (χ0) is 24.3. The lowest BCUT2D eigenvalue weighted by atomic mass is 9.73. The number of hydrogen-bond acceptors (Lipinski definition) is 6. The maximum absolute atomic E-state index is 13.4. The van der Waals surface area contributed by atoms with Crippen LogP contribution in [0.4, 0.5) is 4.79 Å². The van der Waals surface area contributed by atoms with Crippen molar-refractivity contribution in [3.8, 4) is 5.75 Å². The number of ether oxygens (including phenoxy) is 2. The van der Waals surface area contributed by atoms with Crippen molar-refractivity contribution in [2.75, 3.05) is 26.7 Å². The van der Waals surface area contributed by atoms with E-state index in [2.05, 4.69) is 5.10 Å². The number of para-hydroxylation sites is 1. The number of likely N-dealkylation sites (tertiary alicyclic amines) is 1. The third kappa shape index (κ3) is 4.70. The Hall–Kier alpha value is -3.59. The molecule has 2 aromatic rings. The van der Waals surface area contributed by atoms with Crippen LogP contribution in [-0.4, -0.2) is 66.4 Å². The van der Waals surface area contributed by atoms with Crippen molar-refractivity contribution in [1.82, 2.24) is 9.91 Å². The van der Waals surface area contributed by atoms with Crippen LogP contribution in [0.25, 0.3) is 0 Å². The van der Waals surface area contributed by atoms with Crippen molar-refractivity contribution in [2.24, 2.45) is 16.3 Å². The summed E-state index contributed by atoms with van der Waals surface area (Å²) in [4.78, 5) is 39.7. The third-order valence-corrected chi connectivity index (χ3v) is 6.34. The summed E-state index contributed by atoms with van der Waals surface area (Å²) < 4.78 is 10.7. The summed E-state index contributed by atoms with van der Waals surface area (Å²) in [6, 6.07) is 16.3. The van der Waals surface area contributed by atoms with Crippen molar-refractivity contribution in [1.29, 1.82) is 0 Å². The maximum atomic E-state index is 13.4. The lowest BCUT2D eigenvalue weighted by Gasteiger charge is -2.40. The summed E-state index contributed by atoms with van der Waals surface area (Å²) in [5.41, 5.74) is 5.94. The van der Waals surface area contributed by atoms with Gasteiger partial charge in [0.15, 0.2) is 0 Å². The predicted octanol–water partition coefficient (Wildman–Crippen LogP) is 2.47. The van der Waals surface area contributed by atoms with E-state index in [1.165, 1.54) is 9.91 Å². The molecule has 2 atom stereocenters. The van der Waals surface area contributed by atoms with Crippen LogP contribution >= 0.6 is 11.6 Å². The van der Waals surface area contributed by atoms with E-state index in [0.29, 0.717) is 30.2 Å². The van der Waals surface area contributed by atoms with Crippen molar-refractivity contribution in [2.45, 2.75) is 18.9 Å². The fourth-order valence-corrected chi connectivity index (χ4v) is 4.63. The van der Waals surface area contributed by atoms with Gasteiger partial charge < -0.3 is 20.1 Å². The van der Waals surface area contributed by atoms with E-state index in [9.17, 15) is 14.4 Å². The number of carbonyl (C=O) groups is 3. The summed E-state index contributed by atoms with van der Waals surface area (Å²) in [6.07, 6.45) is -1.58. The number of primary amides is 1. The Morgan fingerprint density at radius 2 is 1.88 bits per heavy atom. The molecule has 0 radical (unpaired) electrons. The summed E-state index contributed by atoms with van der Waals surface area (Å²) in [6.45, 7) is 0.149. The molecule has 10 heteroatoms. The predicted molar refractivity (Wildman–Crippen MR) is 125 cm³/mol. The van der Waals surface area contributed by atoms with Gasteiger partial charge in [-0.25, -0.2) is 9.80 Å². The van der Waals surface area contributed by atoms with E-state index in [1.807, 2.05) is 30.3 Å². The van der Waals surface area contributed by atoms with Crippen molar-refractivity contribution < 1.29 is 23.9 Å². The van der Waals surface area contributed by atoms with Crippen LogP contribution in [-0.2, 0) is 20.7 Å². The summed E-state index contributed by atoms with van der Waals surface area (Å²) in [5.74, 6) is -0.334. The van der Waals surface area contributed by atoms with Gasteiger partial charge in [-0.15, -0.1) is 0 Å². The molecule has 0 saturated carbocycles. The van der Waals surface area contributed by atoms with Crippen molar-refractivity contribution >= 4 is 35.2 Å². The first-order valence-electron chi connectivity index (χ1n) is 10.8. The SMILES string of the molecule is CN1N=C2CCN(C(=O)C(COc3ccccc3Cl)OC(N)=O)C[C@@]2(Cc2ccccc2)C1=O. The number of hydrazone groups is 1. The largest absolute Gasteiger partial charge is 0.488 e. The van der Waals surface area contributed by atoms with E-state index in [1.54, 1.807) is 31.3 Å². The number of hydrogen-bond donors (Lipinski definition) is 1. The molecule has 2 aromatic carbocycles. The number of amides is 3. The van der Waals surface area contributed by atoms with Crippen LogP contribution in [0.15, 0.2) is 59.7 Å². The standard InChI is InChI=1S/C24H25ClN4O5/c1-28-22(31)24(13-16-7-3-2-4-8-16)15-29(12-11-20(24)27-28)21(30)19(34-23(26)32)14-33-18-10-6-5-9-17(18)25/h2-10,19H,11-15H2,1H3,(H2,26,32)/t19?,24-/m1/s1. The second-order valence-electron chi connectivity index (χ2n) is 8.30. The van der Waals surface area contributed by atoms with Gasteiger partial charge >= 0.3 is 6.09 Å². The second-order valence-corrected chi connectivity index (χ2v) is 8.70. The quantitative estimate of drug-likeness (QED) is 0.648. The smallest absolute Gasteiger partial charge is 0.405 e. The molecule has 1 saturated heterocycles. The monoisotopic (exact) mass is 484 g/mol. The topological polar surface area (TPSA) is 115 Å². The number of benzene rings is 2. The Labute approximate surface area is 202 Å². The van der Waals surface area contributed by atoms with E-state index in [-0.39, 0.29) is 19.1 Å². The molecule has 34 heavy (non-hydrogen) atoms. The summed E-state index contributed by atoms with van der Waals surface area (Å²) in [7, 11) is 1.61. The van der Waals surface area contributed by atoms with Crippen molar-refractivity contribution in [3.05, 3.63) is 65.2 Å². The zero-order valence-corrected chi connectivity index (χ0v) is 19.4. The molecule has 3 amide bonds. The number of nitrogens with two attached hydrogens (primary N) is 1. The average Bonchev–Trinajstić information content (AvgIpc) is 3.06. The molecule has 2 N–H and O–H groups in total. The third-order valence-electron chi connectivity index (χ3n) is 6.03. The molecule has 2 heterocycles. The Bertz CT molecular complexity index is 1130. The minimum atomic E-state index is -1.30. The molecular weight excluding hydrogens is 460 g/mol. The fourth-order valence-electron chi connectivity index (χ4n) is 4.44. The second kappa shape index (κ2) is 9.72. The van der Waals surface area contributed by atoms with Gasteiger partial charge in [-0.2, -0.15) is 5.10 Å². The fraction of sp³-hybridized carbons (Fsp3) is 0.333. The van der Waals surface area contributed by atoms with E-state index in [0.717, 1.165) is 11.3 Å². The first-order chi connectivity index (χ1) is 16.3. The number of fused-ring (bicyclic) bond motifs is 1. The summed E-state index contributed by atoms with van der Waals surface area (Å²) in [5, 5.41) is 6.14. The van der Waals surface area contributed by atoms with Gasteiger partial charge in [-0.3, -0.25) is 9.59 Å². The molecule has 1 fully saturated rings. The molecule has 0 aromatic heterocycles. The molecular formula is C24H25ClN4O5. The highest BCUT2D eigenvalue weighted by Crippen LogP contribution is 2.38. The highest BCUT2D eigenvalue weighted by Gasteiger charge is 2.54. The van der Waals surface area contributed by atoms with E-state index in [4.69, 9.17) is 26.8 Å². The Kier molecular flexibility index (Phi) is 6.74. The molecule has 0 spiro atoms. The van der Waals surface area contributed by atoms with Gasteiger partial charge in [-0.05, 0) is 24.1 Å². The molecule has 0 bridgehead atoms. The maximum Gasteiger partial charge on any atom is 0.405 e. The van der Waals surface area contributed by atoms with Crippen LogP contribution in [0.3, 0.4) is 0 Å². The number of nitrogens with zero attached hydrogens (tertiary/aromatic N) is 3. The average molecular weight is 485 g/mol.